The number of alkyl carbamates (subject to hydrolysis) is 1. The third-order valence-corrected chi connectivity index (χ3v) is 5.66. The molecule has 1 aliphatic heterocycles. The van der Waals surface area contributed by atoms with Gasteiger partial charge >= 0.3 is 18.0 Å². The Hall–Kier alpha value is -4.70. The number of methoxy groups -OCH3 is 1. The number of amides is 1. The van der Waals surface area contributed by atoms with Crippen LogP contribution in [0.1, 0.15) is 30.9 Å². The van der Waals surface area contributed by atoms with Gasteiger partial charge in [0, 0.05) is 6.42 Å². The highest BCUT2D eigenvalue weighted by Crippen LogP contribution is 2.14. The Balaban J connectivity index is 0.000000336. The molecule has 3 aromatic rings. The van der Waals surface area contributed by atoms with Crippen molar-refractivity contribution in [2.45, 2.75) is 45.2 Å². The minimum atomic E-state index is -0.863. The van der Waals surface area contributed by atoms with E-state index in [4.69, 9.17) is 18.9 Å². The van der Waals surface area contributed by atoms with Crippen LogP contribution in [-0.4, -0.2) is 43.1 Å². The number of carbonyl (C=O) groups is 4. The van der Waals surface area contributed by atoms with Gasteiger partial charge in [-0.05, 0) is 35.4 Å². The van der Waals surface area contributed by atoms with E-state index in [1.165, 1.54) is 0 Å². The van der Waals surface area contributed by atoms with Gasteiger partial charge in [-0.15, -0.1) is 0 Å². The largest absolute Gasteiger partial charge is 0.497 e. The molecule has 2 N–H and O–H groups in total. The second kappa shape index (κ2) is 15.6. The summed E-state index contributed by atoms with van der Waals surface area (Å²) in [4.78, 5) is 46.6. The smallest absolute Gasteiger partial charge is 0.409 e. The predicted octanol–water partition coefficient (Wildman–Crippen LogP) is 3.92. The van der Waals surface area contributed by atoms with Crippen LogP contribution in [0.3, 0.4) is 0 Å². The molecule has 1 heterocycles. The first kappa shape index (κ1) is 29.9. The SMILES string of the molecule is CCC(=O)Oc1ccccc1.COc1ccc(COC(=O)CC2NC(NC(=O)OCc3ccccc3)C2=O)cc1. The van der Waals surface area contributed by atoms with Crippen molar-refractivity contribution in [1.82, 2.24) is 10.6 Å². The Bertz CT molecular complexity index is 1250. The Morgan fingerprint density at radius 3 is 1.98 bits per heavy atom. The molecule has 10 nitrogen and oxygen atoms in total. The molecule has 0 aromatic heterocycles. The molecule has 1 saturated heterocycles. The van der Waals surface area contributed by atoms with Gasteiger partial charge in [-0.2, -0.15) is 0 Å². The number of ether oxygens (including phenoxy) is 4. The third kappa shape index (κ3) is 9.88. The van der Waals surface area contributed by atoms with Gasteiger partial charge in [0.25, 0.3) is 0 Å². The third-order valence-electron chi connectivity index (χ3n) is 5.66. The maximum absolute atomic E-state index is 12.1. The number of rotatable bonds is 10. The molecule has 0 bridgehead atoms. The lowest BCUT2D eigenvalue weighted by Gasteiger charge is -2.34. The van der Waals surface area contributed by atoms with Crippen molar-refractivity contribution in [2.24, 2.45) is 0 Å². The molecule has 40 heavy (non-hydrogen) atoms. The number of esters is 2. The van der Waals surface area contributed by atoms with Crippen LogP contribution in [0.25, 0.3) is 0 Å². The Kier molecular flexibility index (Phi) is 11.7. The second-order valence-electron chi connectivity index (χ2n) is 8.61. The Morgan fingerprint density at radius 2 is 1.38 bits per heavy atom. The molecule has 2 unspecified atom stereocenters. The van der Waals surface area contributed by atoms with Gasteiger partial charge in [-0.1, -0.05) is 67.6 Å². The highest BCUT2D eigenvalue weighted by molar-refractivity contribution is 5.98. The Morgan fingerprint density at radius 1 is 0.775 bits per heavy atom. The Labute approximate surface area is 232 Å². The fourth-order valence-electron chi connectivity index (χ4n) is 3.43. The van der Waals surface area contributed by atoms with Gasteiger partial charge in [-0.3, -0.25) is 25.0 Å². The van der Waals surface area contributed by atoms with Crippen LogP contribution < -0.4 is 20.1 Å². The van der Waals surface area contributed by atoms with Crippen molar-refractivity contribution in [1.29, 1.82) is 0 Å². The zero-order valence-corrected chi connectivity index (χ0v) is 22.3. The number of Topliss-reactive ketones (excluding diaryl/α,β-unsaturated/α-hetero) is 1. The van der Waals surface area contributed by atoms with Gasteiger partial charge in [-0.25, -0.2) is 4.79 Å². The summed E-state index contributed by atoms with van der Waals surface area (Å²) in [5.74, 6) is 0.334. The lowest BCUT2D eigenvalue weighted by molar-refractivity contribution is -0.149. The van der Waals surface area contributed by atoms with E-state index >= 15 is 0 Å². The monoisotopic (exact) mass is 548 g/mol. The first-order valence-corrected chi connectivity index (χ1v) is 12.7. The zero-order chi connectivity index (χ0) is 28.7. The topological polar surface area (TPSA) is 129 Å². The molecule has 0 saturated carbocycles. The maximum atomic E-state index is 12.1. The number of para-hydroxylation sites is 1. The van der Waals surface area contributed by atoms with Gasteiger partial charge in [0.1, 0.15) is 30.9 Å². The molecule has 0 spiro atoms. The van der Waals surface area contributed by atoms with Crippen molar-refractivity contribution in [2.75, 3.05) is 7.11 Å². The van der Waals surface area contributed by atoms with Crippen molar-refractivity contribution in [3.8, 4) is 11.5 Å². The van der Waals surface area contributed by atoms with E-state index in [1.54, 1.807) is 50.4 Å². The minimum absolute atomic E-state index is 0.105. The van der Waals surface area contributed by atoms with Crippen LogP contribution in [0.5, 0.6) is 11.5 Å². The molecular weight excluding hydrogens is 516 g/mol. The van der Waals surface area contributed by atoms with Crippen molar-refractivity contribution < 1.29 is 38.1 Å². The fourth-order valence-corrected chi connectivity index (χ4v) is 3.43. The minimum Gasteiger partial charge on any atom is -0.497 e. The van der Waals surface area contributed by atoms with E-state index in [0.29, 0.717) is 17.9 Å². The van der Waals surface area contributed by atoms with Gasteiger partial charge in [0.15, 0.2) is 5.78 Å². The number of hydrogen-bond acceptors (Lipinski definition) is 9. The van der Waals surface area contributed by atoms with Crippen LogP contribution in [0.2, 0.25) is 0 Å². The summed E-state index contributed by atoms with van der Waals surface area (Å²) in [5.41, 5.74) is 1.65. The van der Waals surface area contributed by atoms with E-state index in [1.807, 2.05) is 48.5 Å². The van der Waals surface area contributed by atoms with Crippen LogP contribution in [-0.2, 0) is 37.1 Å². The highest BCUT2D eigenvalue weighted by atomic mass is 16.6. The van der Waals surface area contributed by atoms with Gasteiger partial charge in [0.05, 0.1) is 19.6 Å². The number of ketones is 1. The number of carbonyl (C=O) groups excluding carboxylic acids is 4. The first-order chi connectivity index (χ1) is 19.4. The van der Waals surface area contributed by atoms with Crippen LogP contribution in [0.15, 0.2) is 84.9 Å². The standard InChI is InChI=1S/C21H22N2O6.C9H10O2/c1-27-16-9-7-15(8-10-16)12-28-18(24)11-17-19(25)20(22-17)23-21(26)29-13-14-5-3-2-4-6-14;1-2-9(10)11-8-6-4-3-5-7-8/h2-10,17,20,22H,11-13H2,1H3,(H,23,26);3-7H,2H2,1H3. The molecule has 210 valence electrons. The molecule has 1 fully saturated rings. The van der Waals surface area contributed by atoms with E-state index in [0.717, 1.165) is 11.1 Å². The van der Waals surface area contributed by atoms with E-state index in [2.05, 4.69) is 10.6 Å². The molecule has 1 aliphatic rings. The number of hydrogen-bond donors (Lipinski definition) is 2. The van der Waals surface area contributed by atoms with Crippen LogP contribution >= 0.6 is 0 Å². The number of nitrogens with one attached hydrogen (secondary N) is 2. The van der Waals surface area contributed by atoms with Crippen molar-refractivity contribution in [3.63, 3.8) is 0 Å². The summed E-state index contributed by atoms with van der Waals surface area (Å²) in [6.45, 7) is 1.98. The molecule has 0 radical (unpaired) electrons. The molecular formula is C30H32N2O8. The highest BCUT2D eigenvalue weighted by Gasteiger charge is 2.41. The van der Waals surface area contributed by atoms with Gasteiger partial charge in [0.2, 0.25) is 0 Å². The quantitative estimate of drug-likeness (QED) is 0.286. The molecule has 2 atom stereocenters. The number of benzene rings is 3. The lowest BCUT2D eigenvalue weighted by atomic mass is 9.98. The summed E-state index contributed by atoms with van der Waals surface area (Å²) < 4.78 is 20.2. The van der Waals surface area contributed by atoms with E-state index in [-0.39, 0.29) is 31.4 Å². The predicted molar refractivity (Wildman–Crippen MR) is 145 cm³/mol. The summed E-state index contributed by atoms with van der Waals surface area (Å²) in [6.07, 6.45) is -1.26. The van der Waals surface area contributed by atoms with E-state index < -0.39 is 24.3 Å². The van der Waals surface area contributed by atoms with Crippen LogP contribution in [0.4, 0.5) is 4.79 Å². The molecule has 4 rings (SSSR count). The summed E-state index contributed by atoms with van der Waals surface area (Å²) in [7, 11) is 1.57. The molecule has 10 heteroatoms. The zero-order valence-electron chi connectivity index (χ0n) is 22.3. The van der Waals surface area contributed by atoms with Crippen LogP contribution in [0, 0.1) is 0 Å². The first-order valence-electron chi connectivity index (χ1n) is 12.7. The second-order valence-corrected chi connectivity index (χ2v) is 8.61. The molecule has 3 aromatic carbocycles. The average Bonchev–Trinajstić information content (AvgIpc) is 2.99. The van der Waals surface area contributed by atoms with Gasteiger partial charge < -0.3 is 18.9 Å². The summed E-state index contributed by atoms with van der Waals surface area (Å²) >= 11 is 0. The van der Waals surface area contributed by atoms with E-state index in [9.17, 15) is 19.2 Å². The molecule has 0 aliphatic carbocycles. The van der Waals surface area contributed by atoms with Crippen molar-refractivity contribution in [3.05, 3.63) is 96.1 Å². The summed E-state index contributed by atoms with van der Waals surface area (Å²) in [5, 5.41) is 5.25. The maximum Gasteiger partial charge on any atom is 0.409 e. The molecule has 1 amide bonds. The average molecular weight is 549 g/mol. The fraction of sp³-hybridized carbons (Fsp3) is 0.267. The van der Waals surface area contributed by atoms with Crippen molar-refractivity contribution >= 4 is 23.8 Å². The normalized spacial score (nSPS) is 15.4. The summed E-state index contributed by atoms with van der Waals surface area (Å²) in [6, 6.07) is 24.7. The lowest BCUT2D eigenvalue weighted by Crippen LogP contribution is -2.69.